The van der Waals surface area contributed by atoms with Crippen LogP contribution in [-0.2, 0) is 0 Å². The van der Waals surface area contributed by atoms with Crippen LogP contribution in [0.15, 0.2) is 18.2 Å². The highest BCUT2D eigenvalue weighted by Crippen LogP contribution is 2.31. The minimum absolute atomic E-state index is 0.497. The Hall–Kier alpha value is -1.22. The summed E-state index contributed by atoms with van der Waals surface area (Å²) in [5.41, 5.74) is 2.59. The van der Waals surface area contributed by atoms with Gasteiger partial charge in [-0.2, -0.15) is 0 Å². The third kappa shape index (κ3) is 4.39. The van der Waals surface area contributed by atoms with Gasteiger partial charge in [-0.3, -0.25) is 4.90 Å². The van der Waals surface area contributed by atoms with Crippen molar-refractivity contribution < 1.29 is 4.74 Å². The number of hydrogen-bond donors (Lipinski definition) is 0. The molecule has 1 heterocycles. The Morgan fingerprint density at radius 1 is 1.05 bits per heavy atom. The number of ether oxygens (including phenoxy) is 1. The van der Waals surface area contributed by atoms with E-state index in [1.54, 1.807) is 7.11 Å². The lowest BCUT2D eigenvalue weighted by Crippen LogP contribution is -2.46. The van der Waals surface area contributed by atoms with Gasteiger partial charge in [-0.15, -0.1) is 0 Å². The van der Waals surface area contributed by atoms with Crippen molar-refractivity contribution in [2.24, 2.45) is 5.92 Å². The van der Waals surface area contributed by atoms with Crippen LogP contribution in [0.25, 0.3) is 0 Å². The van der Waals surface area contributed by atoms with E-state index in [1.807, 2.05) is 0 Å². The molecule has 0 atom stereocenters. The lowest BCUT2D eigenvalue weighted by Gasteiger charge is -2.36. The van der Waals surface area contributed by atoms with Gasteiger partial charge in [0.15, 0.2) is 0 Å². The summed E-state index contributed by atoms with van der Waals surface area (Å²) >= 11 is 0. The topological polar surface area (TPSA) is 15.7 Å². The van der Waals surface area contributed by atoms with Crippen molar-refractivity contribution in [3.8, 4) is 5.75 Å². The van der Waals surface area contributed by atoms with E-state index < -0.39 is 0 Å². The van der Waals surface area contributed by atoms with E-state index >= 15 is 0 Å². The van der Waals surface area contributed by atoms with Crippen LogP contribution in [0.5, 0.6) is 5.75 Å². The maximum Gasteiger partial charge on any atom is 0.124 e. The molecule has 1 fully saturated rings. The monoisotopic (exact) mass is 304 g/mol. The van der Waals surface area contributed by atoms with Crippen molar-refractivity contribution in [2.75, 3.05) is 44.7 Å². The molecule has 3 heteroatoms. The first-order chi connectivity index (χ1) is 10.5. The van der Waals surface area contributed by atoms with Crippen molar-refractivity contribution in [1.29, 1.82) is 0 Å². The molecule has 0 amide bonds. The standard InChI is InChI=1S/C19H32N2O/c1-15(2)8-9-20-10-12-21(13-11-20)17-6-7-18(16(3)4)19(14-17)22-5/h6-7,14-16H,8-13H2,1-5H3. The molecule has 0 bridgehead atoms. The number of hydrogen-bond acceptors (Lipinski definition) is 3. The van der Waals surface area contributed by atoms with Gasteiger partial charge in [0, 0.05) is 37.9 Å². The zero-order valence-corrected chi connectivity index (χ0v) is 14.9. The van der Waals surface area contributed by atoms with Gasteiger partial charge < -0.3 is 9.64 Å². The molecular formula is C19H32N2O. The summed E-state index contributed by atoms with van der Waals surface area (Å²) in [5, 5.41) is 0. The van der Waals surface area contributed by atoms with E-state index in [-0.39, 0.29) is 0 Å². The minimum Gasteiger partial charge on any atom is -0.496 e. The molecule has 1 aromatic carbocycles. The largest absolute Gasteiger partial charge is 0.496 e. The fourth-order valence-electron chi connectivity index (χ4n) is 3.04. The molecule has 0 saturated carbocycles. The highest BCUT2D eigenvalue weighted by molar-refractivity contribution is 5.54. The molecule has 1 aliphatic rings. The molecule has 0 unspecified atom stereocenters. The second-order valence-electron chi connectivity index (χ2n) is 7.09. The lowest BCUT2D eigenvalue weighted by atomic mass is 10.0. The van der Waals surface area contributed by atoms with Crippen LogP contribution in [0.3, 0.4) is 0 Å². The van der Waals surface area contributed by atoms with Gasteiger partial charge in [0.1, 0.15) is 5.75 Å². The predicted octanol–water partition coefficient (Wildman–Crippen LogP) is 3.99. The first-order valence-corrected chi connectivity index (χ1v) is 8.66. The SMILES string of the molecule is COc1cc(N2CCN(CCC(C)C)CC2)ccc1C(C)C. The Balaban J connectivity index is 1.96. The van der Waals surface area contributed by atoms with Gasteiger partial charge >= 0.3 is 0 Å². The van der Waals surface area contributed by atoms with Gasteiger partial charge in [0.2, 0.25) is 0 Å². The molecule has 124 valence electrons. The molecule has 2 rings (SSSR count). The fourth-order valence-corrected chi connectivity index (χ4v) is 3.04. The number of nitrogens with zero attached hydrogens (tertiary/aromatic N) is 2. The highest BCUT2D eigenvalue weighted by Gasteiger charge is 2.18. The molecule has 22 heavy (non-hydrogen) atoms. The van der Waals surface area contributed by atoms with Crippen LogP contribution in [0.1, 0.15) is 45.6 Å². The summed E-state index contributed by atoms with van der Waals surface area (Å²) in [4.78, 5) is 5.08. The summed E-state index contributed by atoms with van der Waals surface area (Å²) in [6.07, 6.45) is 1.30. The zero-order valence-electron chi connectivity index (χ0n) is 14.9. The second kappa shape index (κ2) is 7.87. The van der Waals surface area contributed by atoms with Gasteiger partial charge in [0.05, 0.1) is 7.11 Å². The maximum absolute atomic E-state index is 5.59. The smallest absolute Gasteiger partial charge is 0.124 e. The van der Waals surface area contributed by atoms with Crippen molar-refractivity contribution in [1.82, 2.24) is 4.90 Å². The Morgan fingerprint density at radius 2 is 1.73 bits per heavy atom. The molecule has 3 nitrogen and oxygen atoms in total. The van der Waals surface area contributed by atoms with E-state index in [0.717, 1.165) is 24.8 Å². The second-order valence-corrected chi connectivity index (χ2v) is 7.09. The van der Waals surface area contributed by atoms with Crippen LogP contribution in [0.4, 0.5) is 5.69 Å². The molecule has 0 radical (unpaired) electrons. The van der Waals surface area contributed by atoms with Crippen LogP contribution in [0.2, 0.25) is 0 Å². The summed E-state index contributed by atoms with van der Waals surface area (Å²) in [6, 6.07) is 6.69. The number of benzene rings is 1. The van der Waals surface area contributed by atoms with Crippen LogP contribution in [0, 0.1) is 5.92 Å². The Kier molecular flexibility index (Phi) is 6.13. The molecule has 1 aromatic rings. The molecular weight excluding hydrogens is 272 g/mol. The van der Waals surface area contributed by atoms with E-state index in [9.17, 15) is 0 Å². The third-order valence-corrected chi connectivity index (χ3v) is 4.60. The molecule has 1 saturated heterocycles. The maximum atomic E-state index is 5.59. The number of rotatable bonds is 6. The van der Waals surface area contributed by atoms with Crippen LogP contribution < -0.4 is 9.64 Å². The van der Waals surface area contributed by atoms with Crippen molar-refractivity contribution in [3.05, 3.63) is 23.8 Å². The van der Waals surface area contributed by atoms with Gasteiger partial charge in [-0.1, -0.05) is 33.8 Å². The summed E-state index contributed by atoms with van der Waals surface area (Å²) < 4.78 is 5.59. The fraction of sp³-hybridized carbons (Fsp3) is 0.684. The van der Waals surface area contributed by atoms with Crippen molar-refractivity contribution in [2.45, 2.75) is 40.0 Å². The Labute approximate surface area is 136 Å². The Morgan fingerprint density at radius 3 is 2.27 bits per heavy atom. The third-order valence-electron chi connectivity index (χ3n) is 4.60. The lowest BCUT2D eigenvalue weighted by molar-refractivity contribution is 0.243. The molecule has 0 spiro atoms. The average molecular weight is 304 g/mol. The summed E-state index contributed by atoms with van der Waals surface area (Å²) in [7, 11) is 1.77. The van der Waals surface area contributed by atoms with Gasteiger partial charge in [-0.05, 0) is 36.4 Å². The van der Waals surface area contributed by atoms with Crippen molar-refractivity contribution in [3.63, 3.8) is 0 Å². The first-order valence-electron chi connectivity index (χ1n) is 8.66. The van der Waals surface area contributed by atoms with E-state index in [0.29, 0.717) is 5.92 Å². The van der Waals surface area contributed by atoms with Crippen LogP contribution >= 0.6 is 0 Å². The van der Waals surface area contributed by atoms with Gasteiger partial charge in [0.25, 0.3) is 0 Å². The summed E-state index contributed by atoms with van der Waals surface area (Å²) in [5.74, 6) is 2.32. The molecule has 0 N–H and O–H groups in total. The number of anilines is 1. The average Bonchev–Trinajstić information content (AvgIpc) is 2.52. The zero-order chi connectivity index (χ0) is 16.1. The molecule has 1 aliphatic heterocycles. The van der Waals surface area contributed by atoms with Crippen LogP contribution in [-0.4, -0.2) is 44.7 Å². The normalized spacial score (nSPS) is 16.6. The Bertz CT molecular complexity index is 463. The van der Waals surface area contributed by atoms with Gasteiger partial charge in [-0.25, -0.2) is 0 Å². The quantitative estimate of drug-likeness (QED) is 0.790. The van der Waals surface area contributed by atoms with Crippen molar-refractivity contribution >= 4 is 5.69 Å². The number of methoxy groups -OCH3 is 1. The predicted molar refractivity (Wildman–Crippen MR) is 95.2 cm³/mol. The number of piperazine rings is 1. The van der Waals surface area contributed by atoms with E-state index in [2.05, 4.69) is 55.7 Å². The molecule has 0 aliphatic carbocycles. The van der Waals surface area contributed by atoms with E-state index in [1.165, 1.54) is 37.3 Å². The minimum atomic E-state index is 0.497. The summed E-state index contributed by atoms with van der Waals surface area (Å²) in [6.45, 7) is 14.8. The highest BCUT2D eigenvalue weighted by atomic mass is 16.5. The molecule has 0 aromatic heterocycles. The first kappa shape index (κ1) is 17.1. The van der Waals surface area contributed by atoms with E-state index in [4.69, 9.17) is 4.74 Å².